The molecule has 1 aromatic carbocycles. The summed E-state index contributed by atoms with van der Waals surface area (Å²) in [5.41, 5.74) is 2.42. The van der Waals surface area contributed by atoms with Crippen LogP contribution in [-0.4, -0.2) is 50.3 Å². The second kappa shape index (κ2) is 14.2. The molecule has 0 saturated carbocycles. The highest BCUT2D eigenvalue weighted by atomic mass is 127. The van der Waals surface area contributed by atoms with E-state index >= 15 is 0 Å². The third-order valence-electron chi connectivity index (χ3n) is 4.90. The Balaban J connectivity index is 0.00000392. The number of hydrogen-bond acceptors (Lipinski definition) is 3. The Hall–Kier alpha value is -0.860. The third kappa shape index (κ3) is 9.56. The van der Waals surface area contributed by atoms with Crippen molar-refractivity contribution in [1.82, 2.24) is 10.2 Å². The number of guanidine groups is 1. The summed E-state index contributed by atoms with van der Waals surface area (Å²) in [6.07, 6.45) is 3.82. The van der Waals surface area contributed by atoms with Gasteiger partial charge in [-0.25, -0.2) is 4.99 Å². The van der Waals surface area contributed by atoms with E-state index in [1.807, 2.05) is 0 Å². The first kappa shape index (κ1) is 25.2. The van der Waals surface area contributed by atoms with Crippen molar-refractivity contribution in [2.45, 2.75) is 59.3 Å². The molecule has 0 bridgehead atoms. The Bertz CT molecular complexity index is 575. The summed E-state index contributed by atoms with van der Waals surface area (Å²) in [5, 5.41) is 3.42. The van der Waals surface area contributed by atoms with Crippen LogP contribution in [0.3, 0.4) is 0 Å². The molecule has 1 N–H and O–H groups in total. The number of rotatable bonds is 9. The molecular formula is C22H38IN3O2. The van der Waals surface area contributed by atoms with Crippen LogP contribution in [0.25, 0.3) is 0 Å². The maximum atomic E-state index is 5.71. The number of aliphatic imine (C=N–C) groups is 1. The molecule has 5 nitrogen and oxygen atoms in total. The van der Waals surface area contributed by atoms with Crippen LogP contribution >= 0.6 is 24.0 Å². The zero-order valence-electron chi connectivity index (χ0n) is 17.9. The summed E-state index contributed by atoms with van der Waals surface area (Å²) in [6.45, 7) is 11.3. The Morgan fingerprint density at radius 1 is 1.29 bits per heavy atom. The van der Waals surface area contributed by atoms with Crippen LogP contribution in [0.2, 0.25) is 0 Å². The maximum Gasteiger partial charge on any atom is 0.193 e. The van der Waals surface area contributed by atoms with Gasteiger partial charge in [-0.3, -0.25) is 0 Å². The molecule has 0 aromatic heterocycles. The van der Waals surface area contributed by atoms with Gasteiger partial charge in [0, 0.05) is 33.4 Å². The van der Waals surface area contributed by atoms with Crippen LogP contribution in [0.4, 0.5) is 0 Å². The van der Waals surface area contributed by atoms with Crippen molar-refractivity contribution in [1.29, 1.82) is 0 Å². The SMILES string of the molecule is CCNC(=NCc1cccc(COC(C)C)c1)N(C)CCC1CCOCC1.I. The number of benzene rings is 1. The molecule has 1 heterocycles. The van der Waals surface area contributed by atoms with Crippen molar-refractivity contribution in [3.05, 3.63) is 35.4 Å². The van der Waals surface area contributed by atoms with Crippen LogP contribution in [0.1, 0.15) is 51.2 Å². The molecule has 0 unspecified atom stereocenters. The van der Waals surface area contributed by atoms with Crippen molar-refractivity contribution in [2.24, 2.45) is 10.9 Å². The topological polar surface area (TPSA) is 46.1 Å². The van der Waals surface area contributed by atoms with E-state index in [9.17, 15) is 0 Å². The van der Waals surface area contributed by atoms with Crippen molar-refractivity contribution in [2.75, 3.05) is 33.4 Å². The predicted molar refractivity (Wildman–Crippen MR) is 127 cm³/mol. The largest absolute Gasteiger partial charge is 0.381 e. The summed E-state index contributed by atoms with van der Waals surface area (Å²) < 4.78 is 11.2. The Labute approximate surface area is 188 Å². The lowest BCUT2D eigenvalue weighted by atomic mass is 9.96. The second-order valence-electron chi connectivity index (χ2n) is 7.62. The molecule has 28 heavy (non-hydrogen) atoms. The van der Waals surface area contributed by atoms with Crippen LogP contribution in [0.5, 0.6) is 0 Å². The summed E-state index contributed by atoms with van der Waals surface area (Å²) in [5.74, 6) is 1.76. The van der Waals surface area contributed by atoms with E-state index in [-0.39, 0.29) is 30.1 Å². The van der Waals surface area contributed by atoms with Crippen molar-refractivity contribution in [3.63, 3.8) is 0 Å². The molecule has 0 aliphatic carbocycles. The van der Waals surface area contributed by atoms with Crippen molar-refractivity contribution < 1.29 is 9.47 Å². The first-order chi connectivity index (χ1) is 13.1. The number of nitrogens with one attached hydrogen (secondary N) is 1. The van der Waals surface area contributed by atoms with Gasteiger partial charge in [0.05, 0.1) is 19.3 Å². The molecule has 1 aromatic rings. The molecule has 0 radical (unpaired) electrons. The predicted octanol–water partition coefficient (Wildman–Crippen LogP) is 4.44. The maximum absolute atomic E-state index is 5.71. The van der Waals surface area contributed by atoms with E-state index in [1.165, 1.54) is 30.4 Å². The molecule has 1 saturated heterocycles. The van der Waals surface area contributed by atoms with Gasteiger partial charge in [-0.2, -0.15) is 0 Å². The van der Waals surface area contributed by atoms with Crippen LogP contribution in [-0.2, 0) is 22.6 Å². The minimum absolute atomic E-state index is 0. The van der Waals surface area contributed by atoms with E-state index < -0.39 is 0 Å². The molecule has 2 rings (SSSR count). The fourth-order valence-electron chi connectivity index (χ4n) is 3.23. The lowest BCUT2D eigenvalue weighted by Crippen LogP contribution is -2.40. The normalized spacial score (nSPS) is 15.4. The minimum atomic E-state index is 0. The summed E-state index contributed by atoms with van der Waals surface area (Å²) in [7, 11) is 2.13. The average molecular weight is 503 g/mol. The van der Waals surface area contributed by atoms with E-state index in [0.29, 0.717) is 13.2 Å². The van der Waals surface area contributed by atoms with Gasteiger partial charge >= 0.3 is 0 Å². The highest BCUT2D eigenvalue weighted by molar-refractivity contribution is 14.0. The van der Waals surface area contributed by atoms with Gasteiger partial charge in [0.15, 0.2) is 5.96 Å². The quantitative estimate of drug-likeness (QED) is 0.308. The van der Waals surface area contributed by atoms with Crippen molar-refractivity contribution >= 4 is 29.9 Å². The Kier molecular flexibility index (Phi) is 12.7. The molecular weight excluding hydrogens is 465 g/mol. The second-order valence-corrected chi connectivity index (χ2v) is 7.62. The van der Waals surface area contributed by atoms with Gasteiger partial charge < -0.3 is 19.7 Å². The van der Waals surface area contributed by atoms with Gasteiger partial charge in [0.2, 0.25) is 0 Å². The Morgan fingerprint density at radius 2 is 2.00 bits per heavy atom. The van der Waals surface area contributed by atoms with Crippen LogP contribution in [0.15, 0.2) is 29.3 Å². The standard InChI is InChI=1S/C22H37N3O2.HI/c1-5-23-22(25(4)12-9-19-10-13-26-14-11-19)24-16-20-7-6-8-21(15-20)17-27-18(2)3;/h6-8,15,18-19H,5,9-14,16-17H2,1-4H3,(H,23,24);1H. The average Bonchev–Trinajstić information content (AvgIpc) is 2.69. The summed E-state index contributed by atoms with van der Waals surface area (Å²) >= 11 is 0. The highest BCUT2D eigenvalue weighted by Gasteiger charge is 2.15. The number of halogens is 1. The van der Waals surface area contributed by atoms with Gasteiger partial charge in [0.25, 0.3) is 0 Å². The number of hydrogen-bond donors (Lipinski definition) is 1. The number of ether oxygens (including phenoxy) is 2. The zero-order chi connectivity index (χ0) is 19.5. The molecule has 1 aliphatic rings. The van der Waals surface area contributed by atoms with E-state index in [1.54, 1.807) is 0 Å². The van der Waals surface area contributed by atoms with Crippen LogP contribution < -0.4 is 5.32 Å². The summed E-state index contributed by atoms with van der Waals surface area (Å²) in [4.78, 5) is 7.10. The van der Waals surface area contributed by atoms with Gasteiger partial charge in [-0.15, -0.1) is 24.0 Å². The highest BCUT2D eigenvalue weighted by Crippen LogP contribution is 2.18. The number of nitrogens with zero attached hydrogens (tertiary/aromatic N) is 2. The first-order valence-electron chi connectivity index (χ1n) is 10.3. The zero-order valence-corrected chi connectivity index (χ0v) is 20.3. The van der Waals surface area contributed by atoms with E-state index in [0.717, 1.165) is 38.2 Å². The van der Waals surface area contributed by atoms with Gasteiger partial charge in [-0.1, -0.05) is 24.3 Å². The van der Waals surface area contributed by atoms with E-state index in [4.69, 9.17) is 14.5 Å². The fraction of sp³-hybridized carbons (Fsp3) is 0.682. The summed E-state index contributed by atoms with van der Waals surface area (Å²) in [6, 6.07) is 8.53. The third-order valence-corrected chi connectivity index (χ3v) is 4.90. The lowest BCUT2D eigenvalue weighted by molar-refractivity contribution is 0.0625. The smallest absolute Gasteiger partial charge is 0.193 e. The molecule has 160 valence electrons. The van der Waals surface area contributed by atoms with Gasteiger partial charge in [0.1, 0.15) is 0 Å². The fourth-order valence-corrected chi connectivity index (χ4v) is 3.23. The van der Waals surface area contributed by atoms with Crippen molar-refractivity contribution in [3.8, 4) is 0 Å². The molecule has 0 amide bonds. The Morgan fingerprint density at radius 3 is 2.68 bits per heavy atom. The van der Waals surface area contributed by atoms with Crippen LogP contribution in [0, 0.1) is 5.92 Å². The molecule has 1 fully saturated rings. The molecule has 0 atom stereocenters. The van der Waals surface area contributed by atoms with Gasteiger partial charge in [-0.05, 0) is 57.1 Å². The molecule has 6 heteroatoms. The first-order valence-corrected chi connectivity index (χ1v) is 10.3. The van der Waals surface area contributed by atoms with E-state index in [2.05, 4.69) is 62.3 Å². The minimum Gasteiger partial charge on any atom is -0.381 e. The lowest BCUT2D eigenvalue weighted by Gasteiger charge is -2.26. The monoisotopic (exact) mass is 503 g/mol. The molecule has 0 spiro atoms. The molecule has 1 aliphatic heterocycles.